The number of halogens is 2. The number of carbonyl (C=O) groups excluding carboxylic acids is 1. The summed E-state index contributed by atoms with van der Waals surface area (Å²) in [6.07, 6.45) is 0. The molecule has 0 aliphatic carbocycles. The van der Waals surface area contributed by atoms with Crippen LogP contribution in [0, 0.1) is 12.3 Å². The van der Waals surface area contributed by atoms with Crippen LogP contribution in [0.4, 0.5) is 5.69 Å². The van der Waals surface area contributed by atoms with E-state index in [2.05, 4.69) is 21.2 Å². The van der Waals surface area contributed by atoms with Crippen LogP contribution in [-0.2, 0) is 4.79 Å². The van der Waals surface area contributed by atoms with Gasteiger partial charge in [0.1, 0.15) is 0 Å². The van der Waals surface area contributed by atoms with E-state index in [1.54, 1.807) is 19.9 Å². The molecule has 1 aromatic rings. The van der Waals surface area contributed by atoms with Gasteiger partial charge in [-0.2, -0.15) is 0 Å². The summed E-state index contributed by atoms with van der Waals surface area (Å²) >= 11 is 9.41. The molecular formula is C12H16BrClN2O. The Kier molecular flexibility index (Phi) is 4.58. The van der Waals surface area contributed by atoms with Crippen LogP contribution < -0.4 is 11.1 Å². The molecule has 3 N–H and O–H groups in total. The number of aryl methyl sites for hydroxylation is 1. The van der Waals surface area contributed by atoms with Crippen molar-refractivity contribution in [3.8, 4) is 0 Å². The lowest BCUT2D eigenvalue weighted by Gasteiger charge is -2.22. The predicted molar refractivity (Wildman–Crippen MR) is 75.4 cm³/mol. The van der Waals surface area contributed by atoms with Crippen LogP contribution in [0.2, 0.25) is 5.02 Å². The van der Waals surface area contributed by atoms with Crippen LogP contribution in [0.5, 0.6) is 0 Å². The van der Waals surface area contributed by atoms with Crippen molar-refractivity contribution in [2.75, 3.05) is 11.9 Å². The molecule has 1 aromatic carbocycles. The van der Waals surface area contributed by atoms with Crippen molar-refractivity contribution in [3.63, 3.8) is 0 Å². The van der Waals surface area contributed by atoms with Crippen molar-refractivity contribution in [2.45, 2.75) is 20.8 Å². The van der Waals surface area contributed by atoms with Crippen LogP contribution in [-0.4, -0.2) is 12.5 Å². The summed E-state index contributed by atoms with van der Waals surface area (Å²) in [5.41, 5.74) is 6.57. The van der Waals surface area contributed by atoms with Crippen molar-refractivity contribution in [3.05, 3.63) is 27.2 Å². The summed E-state index contributed by atoms with van der Waals surface area (Å²) in [5.74, 6) is -0.124. The monoisotopic (exact) mass is 318 g/mol. The van der Waals surface area contributed by atoms with Gasteiger partial charge in [0.25, 0.3) is 0 Å². The van der Waals surface area contributed by atoms with Crippen LogP contribution in [0.15, 0.2) is 16.6 Å². The van der Waals surface area contributed by atoms with E-state index in [1.165, 1.54) is 0 Å². The van der Waals surface area contributed by atoms with Gasteiger partial charge in [-0.15, -0.1) is 0 Å². The van der Waals surface area contributed by atoms with Crippen LogP contribution in [0.1, 0.15) is 19.4 Å². The summed E-state index contributed by atoms with van der Waals surface area (Å²) in [5, 5.41) is 3.44. The summed E-state index contributed by atoms with van der Waals surface area (Å²) in [6.45, 7) is 5.79. The Bertz CT molecular complexity index is 446. The lowest BCUT2D eigenvalue weighted by atomic mass is 9.92. The van der Waals surface area contributed by atoms with Gasteiger partial charge in [0.2, 0.25) is 5.91 Å². The van der Waals surface area contributed by atoms with E-state index < -0.39 is 5.41 Å². The van der Waals surface area contributed by atoms with E-state index in [-0.39, 0.29) is 12.5 Å². The molecular weight excluding hydrogens is 304 g/mol. The van der Waals surface area contributed by atoms with E-state index in [4.69, 9.17) is 17.3 Å². The van der Waals surface area contributed by atoms with Gasteiger partial charge in [-0.05, 0) is 54.4 Å². The molecule has 0 atom stereocenters. The molecule has 0 aromatic heterocycles. The number of rotatable bonds is 3. The second-order valence-corrected chi connectivity index (χ2v) is 5.88. The van der Waals surface area contributed by atoms with Crippen molar-refractivity contribution >= 4 is 39.1 Å². The maximum absolute atomic E-state index is 12.0. The number of carbonyl (C=O) groups is 1. The second kappa shape index (κ2) is 5.38. The van der Waals surface area contributed by atoms with E-state index >= 15 is 0 Å². The van der Waals surface area contributed by atoms with Gasteiger partial charge in [-0.3, -0.25) is 4.79 Å². The Balaban J connectivity index is 2.97. The average Bonchev–Trinajstić information content (AvgIpc) is 2.25. The van der Waals surface area contributed by atoms with Crippen LogP contribution >= 0.6 is 27.5 Å². The largest absolute Gasteiger partial charge is 0.329 e. The molecule has 0 unspecified atom stereocenters. The Morgan fingerprint density at radius 1 is 1.53 bits per heavy atom. The first-order valence-corrected chi connectivity index (χ1v) is 6.42. The zero-order chi connectivity index (χ0) is 13.2. The van der Waals surface area contributed by atoms with Crippen molar-refractivity contribution < 1.29 is 4.79 Å². The molecule has 0 saturated carbocycles. The van der Waals surface area contributed by atoms with Crippen molar-refractivity contribution in [1.29, 1.82) is 0 Å². The van der Waals surface area contributed by atoms with E-state index in [0.717, 1.165) is 10.0 Å². The van der Waals surface area contributed by atoms with Gasteiger partial charge in [0.15, 0.2) is 0 Å². The highest BCUT2D eigenvalue weighted by Gasteiger charge is 2.26. The summed E-state index contributed by atoms with van der Waals surface area (Å²) in [6, 6.07) is 3.60. The SMILES string of the molecule is Cc1cc(Br)c(NC(=O)C(C)(C)CN)cc1Cl. The lowest BCUT2D eigenvalue weighted by Crippen LogP contribution is -2.37. The summed E-state index contributed by atoms with van der Waals surface area (Å²) in [4.78, 5) is 12.0. The van der Waals surface area contributed by atoms with Crippen molar-refractivity contribution in [1.82, 2.24) is 0 Å². The zero-order valence-electron chi connectivity index (χ0n) is 10.1. The summed E-state index contributed by atoms with van der Waals surface area (Å²) in [7, 11) is 0. The first-order valence-electron chi connectivity index (χ1n) is 5.25. The lowest BCUT2D eigenvalue weighted by molar-refractivity contribution is -0.123. The van der Waals surface area contributed by atoms with Gasteiger partial charge < -0.3 is 11.1 Å². The Labute approximate surface area is 115 Å². The van der Waals surface area contributed by atoms with Crippen LogP contribution in [0.25, 0.3) is 0 Å². The standard InChI is InChI=1S/C12H16BrClN2O/c1-7-4-8(13)10(5-9(7)14)16-11(17)12(2,3)6-15/h4-5H,6,15H2,1-3H3,(H,16,17). The van der Waals surface area contributed by atoms with Gasteiger partial charge in [-0.25, -0.2) is 0 Å². The fourth-order valence-electron chi connectivity index (χ4n) is 1.13. The molecule has 3 nitrogen and oxygen atoms in total. The van der Waals surface area contributed by atoms with Gasteiger partial charge >= 0.3 is 0 Å². The number of amides is 1. The zero-order valence-corrected chi connectivity index (χ0v) is 12.4. The molecule has 0 bridgehead atoms. The molecule has 0 radical (unpaired) electrons. The highest BCUT2D eigenvalue weighted by Crippen LogP contribution is 2.30. The number of nitrogens with two attached hydrogens (primary N) is 1. The predicted octanol–water partition coefficient (Wildman–Crippen LogP) is 3.33. The molecule has 0 aliphatic rings. The smallest absolute Gasteiger partial charge is 0.231 e. The highest BCUT2D eigenvalue weighted by molar-refractivity contribution is 9.10. The minimum atomic E-state index is -0.600. The topological polar surface area (TPSA) is 55.1 Å². The maximum Gasteiger partial charge on any atom is 0.231 e. The third-order valence-corrected chi connectivity index (χ3v) is 3.68. The minimum absolute atomic E-state index is 0.124. The molecule has 17 heavy (non-hydrogen) atoms. The first-order chi connectivity index (χ1) is 7.77. The van der Waals surface area contributed by atoms with Gasteiger partial charge in [0.05, 0.1) is 11.1 Å². The quantitative estimate of drug-likeness (QED) is 0.898. The summed E-state index contributed by atoms with van der Waals surface area (Å²) < 4.78 is 0.806. The van der Waals surface area contributed by atoms with Gasteiger partial charge in [-0.1, -0.05) is 11.6 Å². The highest BCUT2D eigenvalue weighted by atomic mass is 79.9. The molecule has 0 spiro atoms. The maximum atomic E-state index is 12.0. The fraction of sp³-hybridized carbons (Fsp3) is 0.417. The average molecular weight is 320 g/mol. The Morgan fingerprint density at radius 2 is 2.12 bits per heavy atom. The molecule has 0 fully saturated rings. The van der Waals surface area contributed by atoms with Crippen molar-refractivity contribution in [2.24, 2.45) is 11.1 Å². The molecule has 94 valence electrons. The van der Waals surface area contributed by atoms with E-state index in [9.17, 15) is 4.79 Å². The number of nitrogens with one attached hydrogen (secondary N) is 1. The minimum Gasteiger partial charge on any atom is -0.329 e. The third kappa shape index (κ3) is 3.44. The molecule has 0 aliphatic heterocycles. The normalized spacial score (nSPS) is 11.4. The molecule has 1 rings (SSSR count). The first kappa shape index (κ1) is 14.5. The number of hydrogen-bond acceptors (Lipinski definition) is 2. The Morgan fingerprint density at radius 3 is 2.65 bits per heavy atom. The van der Waals surface area contributed by atoms with Gasteiger partial charge in [0, 0.05) is 16.0 Å². The Hall–Kier alpha value is -0.580. The number of hydrogen-bond donors (Lipinski definition) is 2. The number of benzene rings is 1. The van der Waals surface area contributed by atoms with E-state index in [0.29, 0.717) is 10.7 Å². The molecule has 0 heterocycles. The second-order valence-electron chi connectivity index (χ2n) is 4.62. The molecule has 0 saturated heterocycles. The van der Waals surface area contributed by atoms with Crippen LogP contribution in [0.3, 0.4) is 0 Å². The fourth-order valence-corrected chi connectivity index (χ4v) is 1.85. The molecule has 1 amide bonds. The molecule has 5 heteroatoms. The number of anilines is 1. The third-order valence-electron chi connectivity index (χ3n) is 2.62. The van der Waals surface area contributed by atoms with E-state index in [1.807, 2.05) is 13.0 Å².